The number of fused-ring (bicyclic) bond motifs is 3. The maximum Gasteiger partial charge on any atom is 0.258 e. The third kappa shape index (κ3) is 1.32. The van der Waals surface area contributed by atoms with Gasteiger partial charge in [0.25, 0.3) is 5.56 Å². The number of hydrogen-bond donors (Lipinski definition) is 1. The average molecular weight is 227 g/mol. The van der Waals surface area contributed by atoms with E-state index < -0.39 is 0 Å². The number of nitrogens with zero attached hydrogens (tertiary/aromatic N) is 2. The van der Waals surface area contributed by atoms with E-state index in [0.29, 0.717) is 11.2 Å². The highest BCUT2D eigenvalue weighted by molar-refractivity contribution is 5.63. The van der Waals surface area contributed by atoms with Gasteiger partial charge in [0.15, 0.2) is 0 Å². The zero-order chi connectivity index (χ0) is 12.0. The fourth-order valence-corrected chi connectivity index (χ4v) is 2.75. The molecule has 1 aliphatic rings. The Kier molecular flexibility index (Phi) is 2.08. The zero-order valence-corrected chi connectivity index (χ0v) is 9.71. The van der Waals surface area contributed by atoms with E-state index in [4.69, 9.17) is 0 Å². The standard InChI is InChI=1S/C13H13N3O/c1-8-6-12(17)16-11-5-3-2-4-9(11)10(7-14)13(16)15-8/h6,15H,2-5H2,1H3. The second kappa shape index (κ2) is 3.49. The molecule has 3 rings (SSSR count). The Morgan fingerprint density at radius 2 is 2.18 bits per heavy atom. The quantitative estimate of drug-likeness (QED) is 0.744. The lowest BCUT2D eigenvalue weighted by Gasteiger charge is -2.11. The Labute approximate surface area is 98.5 Å². The van der Waals surface area contributed by atoms with Crippen LogP contribution in [0.5, 0.6) is 0 Å². The molecule has 0 saturated carbocycles. The van der Waals surface area contributed by atoms with Gasteiger partial charge in [-0.25, -0.2) is 0 Å². The van der Waals surface area contributed by atoms with Gasteiger partial charge >= 0.3 is 0 Å². The van der Waals surface area contributed by atoms with E-state index >= 15 is 0 Å². The number of rotatable bonds is 0. The van der Waals surface area contributed by atoms with Crippen LogP contribution < -0.4 is 5.56 Å². The molecule has 0 unspecified atom stereocenters. The lowest BCUT2D eigenvalue weighted by Crippen LogP contribution is -2.17. The number of aryl methyl sites for hydroxylation is 2. The summed E-state index contributed by atoms with van der Waals surface area (Å²) in [5.74, 6) is 0. The first kappa shape index (κ1) is 10.2. The number of nitriles is 1. The lowest BCUT2D eigenvalue weighted by atomic mass is 9.95. The molecule has 0 atom stereocenters. The van der Waals surface area contributed by atoms with Crippen LogP contribution in [0.25, 0.3) is 5.65 Å². The zero-order valence-electron chi connectivity index (χ0n) is 9.71. The van der Waals surface area contributed by atoms with Gasteiger partial charge in [0, 0.05) is 17.5 Å². The van der Waals surface area contributed by atoms with Gasteiger partial charge in [-0.05, 0) is 38.2 Å². The summed E-state index contributed by atoms with van der Waals surface area (Å²) in [7, 11) is 0. The van der Waals surface area contributed by atoms with Crippen LogP contribution in [0.15, 0.2) is 10.9 Å². The number of hydrogen-bond acceptors (Lipinski definition) is 2. The first-order valence-electron chi connectivity index (χ1n) is 5.88. The Morgan fingerprint density at radius 1 is 1.41 bits per heavy atom. The second-order valence-electron chi connectivity index (χ2n) is 4.59. The monoisotopic (exact) mass is 227 g/mol. The van der Waals surface area contributed by atoms with Crippen molar-refractivity contribution in [2.75, 3.05) is 0 Å². The Balaban J connectivity index is 2.53. The van der Waals surface area contributed by atoms with Crippen LogP contribution >= 0.6 is 0 Å². The van der Waals surface area contributed by atoms with Crippen LogP contribution in [0.4, 0.5) is 0 Å². The molecule has 1 N–H and O–H groups in total. The molecule has 0 bridgehead atoms. The summed E-state index contributed by atoms with van der Waals surface area (Å²) in [6.45, 7) is 1.84. The lowest BCUT2D eigenvalue weighted by molar-refractivity contribution is 0.665. The highest BCUT2D eigenvalue weighted by atomic mass is 16.1. The molecule has 4 heteroatoms. The number of nitrogens with one attached hydrogen (secondary N) is 1. The molecule has 0 amide bonds. The summed E-state index contributed by atoms with van der Waals surface area (Å²) in [5.41, 5.74) is 4.19. The van der Waals surface area contributed by atoms with Gasteiger partial charge in [0.2, 0.25) is 0 Å². The van der Waals surface area contributed by atoms with Crippen molar-refractivity contribution in [2.45, 2.75) is 32.6 Å². The average Bonchev–Trinajstić information content (AvgIpc) is 2.62. The summed E-state index contributed by atoms with van der Waals surface area (Å²) < 4.78 is 1.68. The normalized spacial score (nSPS) is 14.6. The molecule has 2 aromatic rings. The smallest absolute Gasteiger partial charge is 0.258 e. The van der Waals surface area contributed by atoms with Crippen LogP contribution in [0.1, 0.15) is 35.4 Å². The molecule has 0 aliphatic heterocycles. The van der Waals surface area contributed by atoms with Crippen molar-refractivity contribution < 1.29 is 0 Å². The minimum Gasteiger partial charge on any atom is -0.344 e. The van der Waals surface area contributed by atoms with Crippen molar-refractivity contribution in [1.29, 1.82) is 5.26 Å². The van der Waals surface area contributed by atoms with Crippen molar-refractivity contribution in [2.24, 2.45) is 0 Å². The summed E-state index contributed by atoms with van der Waals surface area (Å²) in [4.78, 5) is 15.2. The fraction of sp³-hybridized carbons (Fsp3) is 0.385. The molecule has 0 fully saturated rings. The Morgan fingerprint density at radius 3 is 2.94 bits per heavy atom. The SMILES string of the molecule is Cc1cc(=O)n2c3c(c(C#N)c2[nH]1)CCCC3. The maximum atomic E-state index is 12.0. The van der Waals surface area contributed by atoms with Gasteiger partial charge in [0.1, 0.15) is 11.7 Å². The predicted octanol–water partition coefficient (Wildman–Crippen LogP) is 1.69. The van der Waals surface area contributed by atoms with E-state index in [2.05, 4.69) is 11.1 Å². The van der Waals surface area contributed by atoms with Crippen molar-refractivity contribution in [3.05, 3.63) is 38.9 Å². The molecule has 1 aliphatic carbocycles. The van der Waals surface area contributed by atoms with E-state index in [0.717, 1.165) is 42.6 Å². The third-order valence-electron chi connectivity index (χ3n) is 3.46. The van der Waals surface area contributed by atoms with Gasteiger partial charge in [-0.3, -0.25) is 9.20 Å². The molecule has 0 saturated heterocycles. The molecule has 0 radical (unpaired) electrons. The van der Waals surface area contributed by atoms with Crippen molar-refractivity contribution >= 4 is 5.65 Å². The van der Waals surface area contributed by atoms with E-state index in [9.17, 15) is 10.1 Å². The highest BCUT2D eigenvalue weighted by Gasteiger charge is 2.22. The van der Waals surface area contributed by atoms with Crippen molar-refractivity contribution in [3.63, 3.8) is 0 Å². The minimum absolute atomic E-state index is 0.0316. The van der Waals surface area contributed by atoms with Gasteiger partial charge in [-0.2, -0.15) is 5.26 Å². The molecule has 0 spiro atoms. The summed E-state index contributed by atoms with van der Waals surface area (Å²) in [6.07, 6.45) is 4.00. The summed E-state index contributed by atoms with van der Waals surface area (Å²) >= 11 is 0. The van der Waals surface area contributed by atoms with Crippen LogP contribution in [-0.2, 0) is 12.8 Å². The number of aromatic nitrogens is 2. The minimum atomic E-state index is -0.0316. The third-order valence-corrected chi connectivity index (χ3v) is 3.46. The summed E-state index contributed by atoms with van der Waals surface area (Å²) in [5, 5.41) is 9.28. The number of aromatic amines is 1. The van der Waals surface area contributed by atoms with Crippen LogP contribution in [-0.4, -0.2) is 9.38 Å². The van der Waals surface area contributed by atoms with Crippen molar-refractivity contribution in [1.82, 2.24) is 9.38 Å². The Bertz CT molecular complexity index is 700. The molecule has 17 heavy (non-hydrogen) atoms. The molecule has 2 heterocycles. The van der Waals surface area contributed by atoms with Gasteiger partial charge in [0.05, 0.1) is 5.56 Å². The maximum absolute atomic E-state index is 12.0. The van der Waals surface area contributed by atoms with E-state index in [1.54, 1.807) is 10.5 Å². The second-order valence-corrected chi connectivity index (χ2v) is 4.59. The van der Waals surface area contributed by atoms with E-state index in [1.165, 1.54) is 0 Å². The Hall–Kier alpha value is -2.02. The summed E-state index contributed by atoms with van der Waals surface area (Å²) in [6, 6.07) is 3.83. The number of H-pyrrole nitrogens is 1. The van der Waals surface area contributed by atoms with Gasteiger partial charge in [-0.1, -0.05) is 0 Å². The molecule has 86 valence electrons. The molecule has 2 aromatic heterocycles. The molecular weight excluding hydrogens is 214 g/mol. The molecular formula is C13H13N3O. The van der Waals surface area contributed by atoms with E-state index in [-0.39, 0.29) is 5.56 Å². The fourth-order valence-electron chi connectivity index (χ4n) is 2.75. The first-order chi connectivity index (χ1) is 8.22. The van der Waals surface area contributed by atoms with Crippen LogP contribution in [0.3, 0.4) is 0 Å². The topological polar surface area (TPSA) is 61.1 Å². The van der Waals surface area contributed by atoms with Crippen molar-refractivity contribution in [3.8, 4) is 6.07 Å². The largest absolute Gasteiger partial charge is 0.344 e. The first-order valence-corrected chi connectivity index (χ1v) is 5.88. The molecule has 0 aromatic carbocycles. The predicted molar refractivity (Wildman–Crippen MR) is 64.1 cm³/mol. The highest BCUT2D eigenvalue weighted by Crippen LogP contribution is 2.27. The van der Waals surface area contributed by atoms with Crippen LogP contribution in [0.2, 0.25) is 0 Å². The van der Waals surface area contributed by atoms with E-state index in [1.807, 2.05) is 6.92 Å². The van der Waals surface area contributed by atoms with Gasteiger partial charge < -0.3 is 4.98 Å². The molecule has 4 nitrogen and oxygen atoms in total. The van der Waals surface area contributed by atoms with Gasteiger partial charge in [-0.15, -0.1) is 0 Å². The van der Waals surface area contributed by atoms with Crippen LogP contribution in [0, 0.1) is 18.3 Å².